The second-order valence-corrected chi connectivity index (χ2v) is 7.52. The number of amides is 1. The van der Waals surface area contributed by atoms with Gasteiger partial charge in [-0.15, -0.1) is 11.8 Å². The topological polar surface area (TPSA) is 71.8 Å². The Morgan fingerprint density at radius 3 is 2.61 bits per heavy atom. The van der Waals surface area contributed by atoms with E-state index in [-0.39, 0.29) is 11.9 Å². The molecule has 2 heterocycles. The van der Waals surface area contributed by atoms with Crippen molar-refractivity contribution in [2.24, 2.45) is 0 Å². The number of aryl methyl sites for hydroxylation is 1. The number of carbonyl (C=O) groups excluding carboxylic acids is 1. The Balaban J connectivity index is 1.76. The van der Waals surface area contributed by atoms with Crippen LogP contribution in [0.25, 0.3) is 0 Å². The van der Waals surface area contributed by atoms with E-state index in [0.717, 1.165) is 22.5 Å². The molecule has 3 aromatic rings. The molecule has 0 fully saturated rings. The van der Waals surface area contributed by atoms with Crippen LogP contribution in [0, 0.1) is 6.92 Å². The Bertz CT molecular complexity index is 1050. The average Bonchev–Trinajstić information content (AvgIpc) is 3.16. The molecule has 4 rings (SSSR count). The van der Waals surface area contributed by atoms with Crippen molar-refractivity contribution in [3.8, 4) is 0 Å². The number of aromatic nitrogens is 3. The largest absolute Gasteiger partial charge is 0.328 e. The van der Waals surface area contributed by atoms with Gasteiger partial charge in [-0.1, -0.05) is 30.3 Å². The SMILES string of the molecule is CSc1ccc([C@H]2C(C(=O)Nc3ccccc3C)=C(C)Nc3ncnn32)cc1. The first kappa shape index (κ1) is 18.3. The first-order chi connectivity index (χ1) is 13.6. The Kier molecular flexibility index (Phi) is 4.92. The van der Waals surface area contributed by atoms with Gasteiger partial charge < -0.3 is 10.6 Å². The molecule has 1 atom stereocenters. The number of allylic oxidation sites excluding steroid dienone is 1. The van der Waals surface area contributed by atoms with Crippen molar-refractivity contribution in [1.29, 1.82) is 0 Å². The predicted molar refractivity (Wildman–Crippen MR) is 113 cm³/mol. The lowest BCUT2D eigenvalue weighted by atomic mass is 9.95. The zero-order valence-corrected chi connectivity index (χ0v) is 16.7. The molecule has 0 spiro atoms. The molecule has 1 aliphatic rings. The second kappa shape index (κ2) is 7.52. The van der Waals surface area contributed by atoms with Gasteiger partial charge >= 0.3 is 0 Å². The Morgan fingerprint density at radius 1 is 1.14 bits per heavy atom. The number of carbonyl (C=O) groups is 1. The van der Waals surface area contributed by atoms with E-state index in [9.17, 15) is 4.79 Å². The van der Waals surface area contributed by atoms with E-state index < -0.39 is 0 Å². The summed E-state index contributed by atoms with van der Waals surface area (Å²) in [6, 6.07) is 15.6. The van der Waals surface area contributed by atoms with Crippen LogP contribution in [-0.2, 0) is 4.79 Å². The van der Waals surface area contributed by atoms with Gasteiger partial charge in [0.2, 0.25) is 5.95 Å². The highest BCUT2D eigenvalue weighted by Crippen LogP contribution is 2.35. The molecule has 1 aliphatic heterocycles. The van der Waals surface area contributed by atoms with Crippen LogP contribution in [0.4, 0.5) is 11.6 Å². The molecule has 0 saturated heterocycles. The van der Waals surface area contributed by atoms with E-state index in [1.807, 2.05) is 56.5 Å². The van der Waals surface area contributed by atoms with Crippen molar-refractivity contribution >= 4 is 29.3 Å². The molecular formula is C21H21N5OS. The highest BCUT2D eigenvalue weighted by atomic mass is 32.2. The maximum atomic E-state index is 13.3. The van der Waals surface area contributed by atoms with Gasteiger partial charge in [0.1, 0.15) is 12.4 Å². The number of para-hydroxylation sites is 1. The fourth-order valence-corrected chi connectivity index (χ4v) is 3.79. The number of nitrogens with zero attached hydrogens (tertiary/aromatic N) is 3. The summed E-state index contributed by atoms with van der Waals surface area (Å²) in [5.41, 5.74) is 4.19. The third-order valence-electron chi connectivity index (χ3n) is 4.86. The molecule has 1 amide bonds. The standard InChI is InChI=1S/C21H21N5OS/c1-13-6-4-5-7-17(13)25-20(27)18-14(2)24-21-22-12-23-26(21)19(18)15-8-10-16(28-3)11-9-15/h4-12,19H,1-3H3,(H,25,27)(H,22,23,24)/t19-/m0/s1. The summed E-state index contributed by atoms with van der Waals surface area (Å²) in [5.74, 6) is 0.475. The summed E-state index contributed by atoms with van der Waals surface area (Å²) < 4.78 is 1.76. The van der Waals surface area contributed by atoms with Gasteiger partial charge in [0.25, 0.3) is 5.91 Å². The van der Waals surface area contributed by atoms with Crippen molar-refractivity contribution in [3.05, 3.63) is 77.3 Å². The van der Waals surface area contributed by atoms with Crippen molar-refractivity contribution in [1.82, 2.24) is 14.8 Å². The average molecular weight is 392 g/mol. The van der Waals surface area contributed by atoms with E-state index in [0.29, 0.717) is 11.5 Å². The first-order valence-electron chi connectivity index (χ1n) is 8.96. The normalized spacial score (nSPS) is 15.8. The monoisotopic (exact) mass is 391 g/mol. The van der Waals surface area contributed by atoms with E-state index in [1.165, 1.54) is 11.2 Å². The Morgan fingerprint density at radius 2 is 1.89 bits per heavy atom. The van der Waals surface area contributed by atoms with Gasteiger partial charge in [0, 0.05) is 16.3 Å². The summed E-state index contributed by atoms with van der Waals surface area (Å²) in [6.45, 7) is 3.87. The van der Waals surface area contributed by atoms with Crippen molar-refractivity contribution in [2.45, 2.75) is 24.8 Å². The Hall–Kier alpha value is -3.06. The molecule has 0 aliphatic carbocycles. The van der Waals surface area contributed by atoms with E-state index in [4.69, 9.17) is 0 Å². The smallest absolute Gasteiger partial charge is 0.255 e. The quantitative estimate of drug-likeness (QED) is 0.651. The molecule has 2 N–H and O–H groups in total. The lowest BCUT2D eigenvalue weighted by Gasteiger charge is -2.29. The summed E-state index contributed by atoms with van der Waals surface area (Å²) in [6.07, 6.45) is 3.54. The predicted octanol–water partition coefficient (Wildman–Crippen LogP) is 4.24. The summed E-state index contributed by atoms with van der Waals surface area (Å²) in [5, 5.41) is 10.6. The molecule has 0 unspecified atom stereocenters. The molecule has 0 saturated carbocycles. The number of anilines is 2. The zero-order valence-electron chi connectivity index (χ0n) is 15.9. The molecular weight excluding hydrogens is 370 g/mol. The third kappa shape index (κ3) is 3.29. The molecule has 6 nitrogen and oxygen atoms in total. The van der Waals surface area contributed by atoms with Crippen LogP contribution in [0.5, 0.6) is 0 Å². The molecule has 2 aromatic carbocycles. The molecule has 0 radical (unpaired) electrons. The van der Waals surface area contributed by atoms with Gasteiger partial charge in [0.15, 0.2) is 0 Å². The molecule has 1 aromatic heterocycles. The molecule has 0 bridgehead atoms. The van der Waals surface area contributed by atoms with Gasteiger partial charge in [-0.3, -0.25) is 4.79 Å². The molecule has 7 heteroatoms. The minimum absolute atomic E-state index is 0.153. The van der Waals surface area contributed by atoms with Crippen molar-refractivity contribution in [2.75, 3.05) is 16.9 Å². The van der Waals surface area contributed by atoms with Crippen LogP contribution in [-0.4, -0.2) is 26.9 Å². The highest BCUT2D eigenvalue weighted by molar-refractivity contribution is 7.98. The lowest BCUT2D eigenvalue weighted by molar-refractivity contribution is -0.113. The lowest BCUT2D eigenvalue weighted by Crippen LogP contribution is -2.31. The van der Waals surface area contributed by atoms with Gasteiger partial charge in [0.05, 0.1) is 5.57 Å². The second-order valence-electron chi connectivity index (χ2n) is 6.64. The van der Waals surface area contributed by atoms with Gasteiger partial charge in [-0.2, -0.15) is 10.1 Å². The zero-order chi connectivity index (χ0) is 19.7. The number of hydrogen-bond acceptors (Lipinski definition) is 5. The summed E-state index contributed by atoms with van der Waals surface area (Å²) >= 11 is 1.68. The number of thioether (sulfide) groups is 1. The van der Waals surface area contributed by atoms with Crippen molar-refractivity contribution < 1.29 is 4.79 Å². The van der Waals surface area contributed by atoms with Gasteiger partial charge in [-0.25, -0.2) is 4.68 Å². The van der Waals surface area contributed by atoms with Crippen LogP contribution in [0.1, 0.15) is 24.1 Å². The fourth-order valence-electron chi connectivity index (χ4n) is 3.38. The number of benzene rings is 2. The summed E-state index contributed by atoms with van der Waals surface area (Å²) in [7, 11) is 0. The van der Waals surface area contributed by atoms with Gasteiger partial charge in [-0.05, 0) is 49.4 Å². The van der Waals surface area contributed by atoms with Crippen molar-refractivity contribution in [3.63, 3.8) is 0 Å². The highest BCUT2D eigenvalue weighted by Gasteiger charge is 2.33. The van der Waals surface area contributed by atoms with Crippen LogP contribution < -0.4 is 10.6 Å². The van der Waals surface area contributed by atoms with E-state index in [1.54, 1.807) is 16.4 Å². The number of rotatable bonds is 4. The van der Waals surface area contributed by atoms with Crippen LogP contribution in [0.3, 0.4) is 0 Å². The van der Waals surface area contributed by atoms with Crippen LogP contribution in [0.15, 0.2) is 71.0 Å². The molecule has 142 valence electrons. The Labute approximate surface area is 168 Å². The third-order valence-corrected chi connectivity index (χ3v) is 5.61. The number of nitrogens with one attached hydrogen (secondary N) is 2. The minimum atomic E-state index is -0.348. The number of hydrogen-bond donors (Lipinski definition) is 2. The number of fused-ring (bicyclic) bond motifs is 1. The van der Waals surface area contributed by atoms with Crippen LogP contribution in [0.2, 0.25) is 0 Å². The van der Waals surface area contributed by atoms with E-state index in [2.05, 4.69) is 32.8 Å². The summed E-state index contributed by atoms with van der Waals surface area (Å²) in [4.78, 5) is 18.7. The fraction of sp³-hybridized carbons (Fsp3) is 0.190. The minimum Gasteiger partial charge on any atom is -0.328 e. The maximum Gasteiger partial charge on any atom is 0.255 e. The van der Waals surface area contributed by atoms with Crippen LogP contribution >= 0.6 is 11.8 Å². The first-order valence-corrected chi connectivity index (χ1v) is 10.2. The maximum absolute atomic E-state index is 13.3. The van der Waals surface area contributed by atoms with E-state index >= 15 is 0 Å². The molecule has 28 heavy (non-hydrogen) atoms.